The number of morpholine rings is 1. The molecular formula is C12H11F3N2O4. The van der Waals surface area contributed by atoms with E-state index in [0.717, 1.165) is 17.0 Å². The summed E-state index contributed by atoms with van der Waals surface area (Å²) in [6.07, 6.45) is -4.00. The zero-order valence-corrected chi connectivity index (χ0v) is 10.6. The van der Waals surface area contributed by atoms with Crippen LogP contribution in [0.25, 0.3) is 0 Å². The first-order chi connectivity index (χ1) is 9.80. The van der Waals surface area contributed by atoms with Crippen LogP contribution in [0.15, 0.2) is 18.3 Å². The third-order valence-electron chi connectivity index (χ3n) is 2.98. The van der Waals surface area contributed by atoms with E-state index in [4.69, 9.17) is 9.84 Å². The predicted molar refractivity (Wildman–Crippen MR) is 62.5 cm³/mol. The maximum Gasteiger partial charge on any atom is 0.417 e. The zero-order valence-electron chi connectivity index (χ0n) is 10.6. The number of hydrogen-bond donors (Lipinski definition) is 1. The number of carbonyl (C=O) groups excluding carboxylic acids is 1. The molecule has 1 N–H and O–H groups in total. The summed E-state index contributed by atoms with van der Waals surface area (Å²) in [5, 5.41) is 9.01. The number of rotatable bonds is 2. The van der Waals surface area contributed by atoms with Crippen LogP contribution in [0.1, 0.15) is 16.1 Å². The van der Waals surface area contributed by atoms with Gasteiger partial charge in [-0.2, -0.15) is 13.2 Å². The molecule has 1 aromatic rings. The number of carboxylic acids is 1. The molecule has 1 unspecified atom stereocenters. The van der Waals surface area contributed by atoms with Crippen molar-refractivity contribution in [2.24, 2.45) is 0 Å². The molecule has 1 atom stereocenters. The second-order valence-electron chi connectivity index (χ2n) is 4.36. The highest BCUT2D eigenvalue weighted by atomic mass is 19.4. The highest BCUT2D eigenvalue weighted by Crippen LogP contribution is 2.28. The molecule has 0 saturated carbocycles. The van der Waals surface area contributed by atoms with Crippen molar-refractivity contribution in [3.63, 3.8) is 0 Å². The number of hydrogen-bond acceptors (Lipinski definition) is 4. The lowest BCUT2D eigenvalue weighted by molar-refractivity contribution is -0.147. The molecule has 9 heteroatoms. The summed E-state index contributed by atoms with van der Waals surface area (Å²) in [5.74, 6) is -1.98. The SMILES string of the molecule is O=C(O)C1COCCN1C(=O)c1ccc(C(F)(F)F)cn1. The van der Waals surface area contributed by atoms with Gasteiger partial charge in [0.15, 0.2) is 6.04 Å². The normalized spacial score (nSPS) is 19.4. The smallest absolute Gasteiger partial charge is 0.417 e. The molecule has 0 radical (unpaired) electrons. The minimum Gasteiger partial charge on any atom is -0.480 e. The Hall–Kier alpha value is -2.16. The van der Waals surface area contributed by atoms with Gasteiger partial charge >= 0.3 is 12.1 Å². The van der Waals surface area contributed by atoms with Gasteiger partial charge in [0.1, 0.15) is 5.69 Å². The summed E-state index contributed by atoms with van der Waals surface area (Å²) in [6.45, 7) is 0.0381. The van der Waals surface area contributed by atoms with Gasteiger partial charge in [-0.05, 0) is 12.1 Å². The van der Waals surface area contributed by atoms with E-state index in [1.807, 2.05) is 0 Å². The van der Waals surface area contributed by atoms with E-state index in [0.29, 0.717) is 6.20 Å². The van der Waals surface area contributed by atoms with Crippen LogP contribution >= 0.6 is 0 Å². The Labute approximate surface area is 117 Å². The summed E-state index contributed by atoms with van der Waals surface area (Å²) < 4.78 is 42.2. The maximum atomic E-state index is 12.4. The van der Waals surface area contributed by atoms with Crippen LogP contribution in [0.2, 0.25) is 0 Å². The summed E-state index contributed by atoms with van der Waals surface area (Å²) in [7, 11) is 0. The number of aliphatic carboxylic acids is 1. The molecule has 0 aromatic carbocycles. The van der Waals surface area contributed by atoms with E-state index in [1.165, 1.54) is 0 Å². The Kier molecular flexibility index (Phi) is 4.12. The van der Waals surface area contributed by atoms with Crippen molar-refractivity contribution < 1.29 is 32.6 Å². The molecular weight excluding hydrogens is 293 g/mol. The fourth-order valence-corrected chi connectivity index (χ4v) is 1.89. The van der Waals surface area contributed by atoms with Crippen molar-refractivity contribution in [2.75, 3.05) is 19.8 Å². The maximum absolute atomic E-state index is 12.4. The standard InChI is InChI=1S/C12H11F3N2O4/c13-12(14,15)7-1-2-8(16-5-7)10(18)17-3-4-21-6-9(17)11(19)20/h1-2,5,9H,3-4,6H2,(H,19,20). The molecule has 114 valence electrons. The van der Waals surface area contributed by atoms with Gasteiger partial charge in [-0.15, -0.1) is 0 Å². The Bertz CT molecular complexity index is 544. The van der Waals surface area contributed by atoms with E-state index in [1.54, 1.807) is 0 Å². The van der Waals surface area contributed by atoms with Gasteiger partial charge in [0.05, 0.1) is 18.8 Å². The Morgan fingerprint density at radius 3 is 2.62 bits per heavy atom. The van der Waals surface area contributed by atoms with Crippen LogP contribution in [0.3, 0.4) is 0 Å². The van der Waals surface area contributed by atoms with Gasteiger partial charge in [0.2, 0.25) is 0 Å². The second-order valence-corrected chi connectivity index (χ2v) is 4.36. The molecule has 0 bridgehead atoms. The average Bonchev–Trinajstić information content (AvgIpc) is 2.45. The second kappa shape index (κ2) is 5.68. The Morgan fingerprint density at radius 1 is 1.38 bits per heavy atom. The third-order valence-corrected chi connectivity index (χ3v) is 2.98. The van der Waals surface area contributed by atoms with Crippen molar-refractivity contribution in [1.82, 2.24) is 9.88 Å². The number of alkyl halides is 3. The minimum atomic E-state index is -4.54. The lowest BCUT2D eigenvalue weighted by Gasteiger charge is -2.32. The predicted octanol–water partition coefficient (Wildman–Crippen LogP) is 1.03. The number of nitrogens with zero attached hydrogens (tertiary/aromatic N) is 2. The van der Waals surface area contributed by atoms with E-state index in [2.05, 4.69) is 4.98 Å². The van der Waals surface area contributed by atoms with Gasteiger partial charge in [0.25, 0.3) is 5.91 Å². The van der Waals surface area contributed by atoms with E-state index < -0.39 is 29.7 Å². The summed E-state index contributed by atoms with van der Waals surface area (Å²) in [4.78, 5) is 27.7. The number of ether oxygens (including phenoxy) is 1. The first-order valence-electron chi connectivity index (χ1n) is 5.95. The quantitative estimate of drug-likeness (QED) is 0.882. The fraction of sp³-hybridized carbons (Fsp3) is 0.417. The van der Waals surface area contributed by atoms with E-state index in [-0.39, 0.29) is 25.5 Å². The van der Waals surface area contributed by atoms with E-state index >= 15 is 0 Å². The molecule has 1 aliphatic heterocycles. The summed E-state index contributed by atoms with van der Waals surface area (Å²) in [5.41, 5.74) is -1.22. The van der Waals surface area contributed by atoms with Crippen molar-refractivity contribution >= 4 is 11.9 Å². The summed E-state index contributed by atoms with van der Waals surface area (Å²) in [6, 6.07) is 0.492. The number of halogens is 3. The average molecular weight is 304 g/mol. The van der Waals surface area contributed by atoms with Crippen molar-refractivity contribution in [2.45, 2.75) is 12.2 Å². The molecule has 21 heavy (non-hydrogen) atoms. The largest absolute Gasteiger partial charge is 0.480 e. The van der Waals surface area contributed by atoms with Crippen molar-refractivity contribution in [1.29, 1.82) is 0 Å². The molecule has 1 saturated heterocycles. The lowest BCUT2D eigenvalue weighted by atomic mass is 10.2. The number of aromatic nitrogens is 1. The molecule has 1 aromatic heterocycles. The number of carboxylic acid groups (broad SMARTS) is 1. The molecule has 0 spiro atoms. The minimum absolute atomic E-state index is 0.0402. The van der Waals surface area contributed by atoms with Gasteiger partial charge < -0.3 is 14.7 Å². The molecule has 1 amide bonds. The first-order valence-corrected chi connectivity index (χ1v) is 5.95. The van der Waals surface area contributed by atoms with Gasteiger partial charge in [-0.1, -0.05) is 0 Å². The highest BCUT2D eigenvalue weighted by Gasteiger charge is 2.35. The van der Waals surface area contributed by atoms with Crippen molar-refractivity contribution in [3.8, 4) is 0 Å². The topological polar surface area (TPSA) is 79.7 Å². The fourth-order valence-electron chi connectivity index (χ4n) is 1.89. The molecule has 0 aliphatic carbocycles. The van der Waals surface area contributed by atoms with Crippen LogP contribution in [0.5, 0.6) is 0 Å². The van der Waals surface area contributed by atoms with E-state index in [9.17, 15) is 22.8 Å². The van der Waals surface area contributed by atoms with Crippen LogP contribution in [-0.4, -0.2) is 52.7 Å². The number of carbonyl (C=O) groups is 2. The van der Waals surface area contributed by atoms with Crippen molar-refractivity contribution in [3.05, 3.63) is 29.6 Å². The van der Waals surface area contributed by atoms with Crippen LogP contribution in [-0.2, 0) is 15.7 Å². The monoisotopic (exact) mass is 304 g/mol. The summed E-state index contributed by atoms with van der Waals surface area (Å²) >= 11 is 0. The van der Waals surface area contributed by atoms with Gasteiger partial charge in [0, 0.05) is 12.7 Å². The van der Waals surface area contributed by atoms with Gasteiger partial charge in [-0.25, -0.2) is 4.79 Å². The molecule has 1 fully saturated rings. The molecule has 1 aliphatic rings. The molecule has 6 nitrogen and oxygen atoms in total. The number of amides is 1. The third kappa shape index (κ3) is 3.30. The zero-order chi connectivity index (χ0) is 15.6. The first kappa shape index (κ1) is 15.2. The Balaban J connectivity index is 2.20. The van der Waals surface area contributed by atoms with Gasteiger partial charge in [-0.3, -0.25) is 9.78 Å². The highest BCUT2D eigenvalue weighted by molar-refractivity contribution is 5.95. The van der Waals surface area contributed by atoms with Crippen LogP contribution in [0, 0.1) is 0 Å². The van der Waals surface area contributed by atoms with Crippen LogP contribution < -0.4 is 0 Å². The Morgan fingerprint density at radius 2 is 2.10 bits per heavy atom. The molecule has 2 heterocycles. The van der Waals surface area contributed by atoms with Crippen LogP contribution in [0.4, 0.5) is 13.2 Å². The lowest BCUT2D eigenvalue weighted by Crippen LogP contribution is -2.52. The molecule has 2 rings (SSSR count). The number of pyridine rings is 1.